The van der Waals surface area contributed by atoms with Crippen LogP contribution < -0.4 is 10.6 Å². The number of nitrogens with zero attached hydrogens (tertiary/aromatic N) is 3. The SMILES string of the molecule is C=C/C(=C\N(C)C)c1cccc(-c2ccc(C(/C=N\C)=C/C)c(NCCNC)n2)c1. The van der Waals surface area contributed by atoms with Gasteiger partial charge in [0.25, 0.3) is 0 Å². The molecule has 0 aliphatic rings. The van der Waals surface area contributed by atoms with Crippen molar-refractivity contribution < 1.29 is 0 Å². The van der Waals surface area contributed by atoms with Crippen molar-refractivity contribution in [3.05, 3.63) is 72.5 Å². The summed E-state index contributed by atoms with van der Waals surface area (Å²) >= 11 is 0. The Morgan fingerprint density at radius 1 is 1.17 bits per heavy atom. The van der Waals surface area contributed by atoms with Gasteiger partial charge in [0.1, 0.15) is 5.82 Å². The zero-order valence-corrected chi connectivity index (χ0v) is 18.7. The highest BCUT2D eigenvalue weighted by molar-refractivity contribution is 6.11. The summed E-state index contributed by atoms with van der Waals surface area (Å²) < 4.78 is 0. The third-order valence-electron chi connectivity index (χ3n) is 4.56. The van der Waals surface area contributed by atoms with Crippen molar-refractivity contribution >= 4 is 23.2 Å². The number of benzene rings is 1. The van der Waals surface area contributed by atoms with Gasteiger partial charge in [0.2, 0.25) is 0 Å². The minimum atomic E-state index is 0.784. The van der Waals surface area contributed by atoms with E-state index in [1.807, 2.05) is 45.3 Å². The number of aromatic nitrogens is 1. The van der Waals surface area contributed by atoms with Crippen LogP contribution in [-0.4, -0.2) is 57.4 Å². The van der Waals surface area contributed by atoms with E-state index in [0.717, 1.165) is 52.4 Å². The fourth-order valence-corrected chi connectivity index (χ4v) is 3.11. The second-order valence-corrected chi connectivity index (χ2v) is 7.09. The highest BCUT2D eigenvalue weighted by Gasteiger charge is 2.11. The summed E-state index contributed by atoms with van der Waals surface area (Å²) in [6.45, 7) is 7.61. The molecule has 0 amide bonds. The summed E-state index contributed by atoms with van der Waals surface area (Å²) in [7, 11) is 7.74. The number of hydrogen-bond donors (Lipinski definition) is 2. The van der Waals surface area contributed by atoms with E-state index in [4.69, 9.17) is 4.98 Å². The van der Waals surface area contributed by atoms with Crippen LogP contribution >= 0.6 is 0 Å². The van der Waals surface area contributed by atoms with E-state index in [1.165, 1.54) is 0 Å². The van der Waals surface area contributed by atoms with Crippen LogP contribution in [0.15, 0.2) is 66.3 Å². The van der Waals surface area contributed by atoms with Crippen molar-refractivity contribution in [2.24, 2.45) is 4.99 Å². The Labute approximate surface area is 181 Å². The van der Waals surface area contributed by atoms with Crippen molar-refractivity contribution in [2.75, 3.05) is 46.6 Å². The molecule has 0 unspecified atom stereocenters. The lowest BCUT2D eigenvalue weighted by molar-refractivity contribution is 0.566. The molecule has 5 heteroatoms. The first-order valence-electron chi connectivity index (χ1n) is 10.1. The third-order valence-corrected chi connectivity index (χ3v) is 4.56. The maximum Gasteiger partial charge on any atom is 0.134 e. The Hall–Kier alpha value is -3.18. The molecule has 1 heterocycles. The van der Waals surface area contributed by atoms with Crippen LogP contribution in [0.3, 0.4) is 0 Å². The molecule has 1 aromatic carbocycles. The van der Waals surface area contributed by atoms with Crippen molar-refractivity contribution in [2.45, 2.75) is 6.92 Å². The van der Waals surface area contributed by atoms with E-state index in [-0.39, 0.29) is 0 Å². The molecule has 0 spiro atoms. The maximum absolute atomic E-state index is 4.96. The molecule has 2 N–H and O–H groups in total. The molecule has 158 valence electrons. The molecule has 0 atom stereocenters. The smallest absolute Gasteiger partial charge is 0.134 e. The van der Waals surface area contributed by atoms with Gasteiger partial charge in [-0.15, -0.1) is 0 Å². The Balaban J connectivity index is 2.50. The topological polar surface area (TPSA) is 52.5 Å². The number of aliphatic imine (C=N–C) groups is 1. The van der Waals surface area contributed by atoms with Crippen molar-refractivity contribution in [3.8, 4) is 11.3 Å². The van der Waals surface area contributed by atoms with E-state index in [2.05, 4.69) is 70.9 Å². The van der Waals surface area contributed by atoms with E-state index in [1.54, 1.807) is 7.05 Å². The third kappa shape index (κ3) is 6.16. The normalized spacial score (nSPS) is 12.3. The molecule has 0 aliphatic heterocycles. The fourth-order valence-electron chi connectivity index (χ4n) is 3.11. The lowest BCUT2D eigenvalue weighted by atomic mass is 10.0. The zero-order valence-electron chi connectivity index (χ0n) is 18.7. The maximum atomic E-state index is 4.96. The van der Waals surface area contributed by atoms with Gasteiger partial charge in [-0.3, -0.25) is 4.99 Å². The van der Waals surface area contributed by atoms with Crippen LogP contribution in [0.1, 0.15) is 18.1 Å². The number of anilines is 1. The van der Waals surface area contributed by atoms with Crippen LogP contribution in [-0.2, 0) is 0 Å². The molecule has 0 radical (unpaired) electrons. The molecule has 2 rings (SSSR count). The molecule has 0 saturated carbocycles. The fraction of sp³-hybridized carbons (Fsp3) is 0.280. The predicted molar refractivity (Wildman–Crippen MR) is 132 cm³/mol. The molecule has 0 aliphatic carbocycles. The summed E-state index contributed by atoms with van der Waals surface area (Å²) in [5, 5.41) is 6.62. The van der Waals surface area contributed by atoms with Crippen LogP contribution in [0, 0.1) is 0 Å². The number of rotatable bonds is 10. The lowest BCUT2D eigenvalue weighted by Gasteiger charge is -2.14. The number of allylic oxidation sites excluding steroid dienone is 4. The van der Waals surface area contributed by atoms with Gasteiger partial charge in [0.15, 0.2) is 0 Å². The standard InChI is InChI=1S/C25H33N5/c1-7-19(17-27-4)23-12-13-24(29-25(23)28-15-14-26-3)22-11-9-10-21(16-22)20(8-2)18-30(5)6/h7-13,16-18,26H,2,14-15H2,1,3-6H3,(H,28,29)/b19-7+,20-18+,27-17-. The summed E-state index contributed by atoms with van der Waals surface area (Å²) in [5.41, 5.74) is 6.25. The predicted octanol–water partition coefficient (Wildman–Crippen LogP) is 4.57. The molecular weight excluding hydrogens is 370 g/mol. The molecule has 2 aromatic rings. The minimum absolute atomic E-state index is 0.784. The van der Waals surface area contributed by atoms with Crippen LogP contribution in [0.4, 0.5) is 5.82 Å². The van der Waals surface area contributed by atoms with Crippen molar-refractivity contribution in [3.63, 3.8) is 0 Å². The average molecular weight is 404 g/mol. The first-order chi connectivity index (χ1) is 14.5. The molecule has 0 saturated heterocycles. The van der Waals surface area contributed by atoms with Gasteiger partial charge in [-0.25, -0.2) is 4.98 Å². The number of nitrogens with one attached hydrogen (secondary N) is 2. The molecular formula is C25H33N5. The first kappa shape index (κ1) is 23.1. The summed E-state index contributed by atoms with van der Waals surface area (Å²) in [4.78, 5) is 11.2. The van der Waals surface area contributed by atoms with Gasteiger partial charge in [0.05, 0.1) is 5.69 Å². The monoisotopic (exact) mass is 403 g/mol. The van der Waals surface area contributed by atoms with E-state index in [9.17, 15) is 0 Å². The van der Waals surface area contributed by atoms with Gasteiger partial charge < -0.3 is 15.5 Å². The Morgan fingerprint density at radius 2 is 1.97 bits per heavy atom. The number of hydrogen-bond acceptors (Lipinski definition) is 5. The van der Waals surface area contributed by atoms with Crippen LogP contribution in [0.2, 0.25) is 0 Å². The van der Waals surface area contributed by atoms with Crippen molar-refractivity contribution in [1.29, 1.82) is 0 Å². The minimum Gasteiger partial charge on any atom is -0.383 e. The highest BCUT2D eigenvalue weighted by atomic mass is 15.0. The molecule has 0 bridgehead atoms. The first-order valence-corrected chi connectivity index (χ1v) is 10.1. The molecule has 30 heavy (non-hydrogen) atoms. The van der Waals surface area contributed by atoms with Crippen molar-refractivity contribution in [1.82, 2.24) is 15.2 Å². The molecule has 0 fully saturated rings. The van der Waals surface area contributed by atoms with E-state index >= 15 is 0 Å². The van der Waals surface area contributed by atoms with Crippen LogP contribution in [0.25, 0.3) is 22.4 Å². The van der Waals surface area contributed by atoms with E-state index in [0.29, 0.717) is 0 Å². The Bertz CT molecular complexity index is 938. The summed E-state index contributed by atoms with van der Waals surface area (Å²) in [5.74, 6) is 0.855. The Morgan fingerprint density at radius 3 is 2.60 bits per heavy atom. The Kier molecular flexibility index (Phi) is 9.03. The number of likely N-dealkylation sites (N-methyl/N-ethyl adjacent to an activating group) is 1. The second-order valence-electron chi connectivity index (χ2n) is 7.09. The van der Waals surface area contributed by atoms with E-state index < -0.39 is 0 Å². The van der Waals surface area contributed by atoms with Gasteiger partial charge >= 0.3 is 0 Å². The summed E-state index contributed by atoms with van der Waals surface area (Å²) in [6.07, 6.45) is 7.86. The average Bonchev–Trinajstić information content (AvgIpc) is 2.76. The molecule has 1 aromatic heterocycles. The van der Waals surface area contributed by atoms with Gasteiger partial charge in [-0.1, -0.05) is 36.9 Å². The number of pyridine rings is 1. The quantitative estimate of drug-likeness (QED) is 0.347. The lowest BCUT2D eigenvalue weighted by Crippen LogP contribution is -2.19. The van der Waals surface area contributed by atoms with Gasteiger partial charge in [0, 0.05) is 57.8 Å². The summed E-state index contributed by atoms with van der Waals surface area (Å²) in [6, 6.07) is 12.6. The molecule has 5 nitrogen and oxygen atoms in total. The van der Waals surface area contributed by atoms with Crippen LogP contribution in [0.5, 0.6) is 0 Å². The second kappa shape index (κ2) is 11.7. The van der Waals surface area contributed by atoms with Gasteiger partial charge in [-0.05, 0) is 48.9 Å². The highest BCUT2D eigenvalue weighted by Crippen LogP contribution is 2.28. The van der Waals surface area contributed by atoms with Gasteiger partial charge in [-0.2, -0.15) is 0 Å². The largest absolute Gasteiger partial charge is 0.383 e. The zero-order chi connectivity index (χ0) is 21.9.